The molecule has 6 nitrogen and oxygen atoms in total. The van der Waals surface area contributed by atoms with Crippen LogP contribution in [0.15, 0.2) is 29.2 Å². The van der Waals surface area contributed by atoms with Crippen LogP contribution in [0, 0.1) is 5.92 Å². The molecule has 3 atom stereocenters. The molecule has 0 radical (unpaired) electrons. The summed E-state index contributed by atoms with van der Waals surface area (Å²) in [7, 11) is 0. The van der Waals surface area contributed by atoms with Crippen molar-refractivity contribution in [2.24, 2.45) is 5.92 Å². The molecule has 7 heteroatoms. The zero-order valence-electron chi connectivity index (χ0n) is 15.5. The van der Waals surface area contributed by atoms with E-state index in [2.05, 4.69) is 16.7 Å². The SMILES string of the molecule is C[C@@H]1CCCC[C@]12NC(=O)N(CC(=O)N[C@@H]1CCSc3ccccc31)C2=O. The Bertz CT molecular complexity index is 783. The van der Waals surface area contributed by atoms with E-state index in [0.717, 1.165) is 41.9 Å². The van der Waals surface area contributed by atoms with E-state index in [1.54, 1.807) is 11.8 Å². The molecule has 2 heterocycles. The predicted molar refractivity (Wildman–Crippen MR) is 103 cm³/mol. The molecular weight excluding hydrogens is 362 g/mol. The van der Waals surface area contributed by atoms with Crippen molar-refractivity contribution in [2.45, 2.75) is 55.5 Å². The predicted octanol–water partition coefficient (Wildman–Crippen LogP) is 2.84. The first-order chi connectivity index (χ1) is 13.0. The summed E-state index contributed by atoms with van der Waals surface area (Å²) in [5.41, 5.74) is 0.292. The monoisotopic (exact) mass is 387 g/mol. The Morgan fingerprint density at radius 2 is 2.11 bits per heavy atom. The third-order valence-electron chi connectivity index (χ3n) is 6.10. The second-order valence-corrected chi connectivity index (χ2v) is 8.87. The zero-order valence-corrected chi connectivity index (χ0v) is 16.3. The first-order valence-corrected chi connectivity index (χ1v) is 10.6. The standard InChI is InChI=1S/C20H25N3O3S/c1-13-6-4-5-10-20(13)18(25)23(19(26)22-20)12-17(24)21-15-9-11-27-16-8-3-2-7-14(15)16/h2-3,7-8,13,15H,4-6,9-12H2,1H3,(H,21,24)(H,22,26)/t13-,15-,20+/m1/s1. The van der Waals surface area contributed by atoms with E-state index in [1.165, 1.54) is 4.90 Å². The molecule has 1 aromatic rings. The minimum absolute atomic E-state index is 0.0710. The van der Waals surface area contributed by atoms with Crippen LogP contribution in [0.1, 0.15) is 50.6 Å². The van der Waals surface area contributed by atoms with E-state index < -0.39 is 11.6 Å². The van der Waals surface area contributed by atoms with Crippen LogP contribution in [-0.2, 0) is 9.59 Å². The van der Waals surface area contributed by atoms with Crippen LogP contribution >= 0.6 is 11.8 Å². The number of rotatable bonds is 3. The summed E-state index contributed by atoms with van der Waals surface area (Å²) in [5, 5.41) is 5.92. The fourth-order valence-corrected chi connectivity index (χ4v) is 5.64. The van der Waals surface area contributed by atoms with Gasteiger partial charge in [-0.25, -0.2) is 4.79 Å². The van der Waals surface area contributed by atoms with Gasteiger partial charge in [0.2, 0.25) is 5.91 Å². The number of imide groups is 1. The molecule has 1 saturated carbocycles. The van der Waals surface area contributed by atoms with Crippen LogP contribution in [0.3, 0.4) is 0 Å². The average Bonchev–Trinajstić information content (AvgIpc) is 2.89. The van der Waals surface area contributed by atoms with Gasteiger partial charge in [0.25, 0.3) is 5.91 Å². The van der Waals surface area contributed by atoms with Crippen LogP contribution in [0.4, 0.5) is 4.79 Å². The maximum atomic E-state index is 13.0. The molecule has 4 amide bonds. The molecule has 0 aromatic heterocycles. The van der Waals surface area contributed by atoms with Crippen molar-refractivity contribution in [3.8, 4) is 0 Å². The minimum atomic E-state index is -0.816. The highest BCUT2D eigenvalue weighted by Crippen LogP contribution is 2.38. The summed E-state index contributed by atoms with van der Waals surface area (Å²) in [6, 6.07) is 7.54. The molecule has 2 N–H and O–H groups in total. The van der Waals surface area contributed by atoms with Crippen molar-refractivity contribution in [3.05, 3.63) is 29.8 Å². The molecule has 1 saturated heterocycles. The molecule has 4 rings (SSSR count). The number of urea groups is 1. The maximum absolute atomic E-state index is 13.0. The van der Waals surface area contributed by atoms with Crippen molar-refractivity contribution in [2.75, 3.05) is 12.3 Å². The molecule has 1 aliphatic carbocycles. The number of nitrogens with one attached hydrogen (secondary N) is 2. The van der Waals surface area contributed by atoms with Gasteiger partial charge in [-0.3, -0.25) is 14.5 Å². The second kappa shape index (κ2) is 7.19. The van der Waals surface area contributed by atoms with Crippen LogP contribution in [0.5, 0.6) is 0 Å². The van der Waals surface area contributed by atoms with E-state index >= 15 is 0 Å². The Morgan fingerprint density at radius 3 is 2.93 bits per heavy atom. The second-order valence-electron chi connectivity index (χ2n) is 7.73. The molecule has 144 valence electrons. The van der Waals surface area contributed by atoms with Crippen LogP contribution in [-0.4, -0.2) is 40.6 Å². The number of carbonyl (C=O) groups is 3. The van der Waals surface area contributed by atoms with E-state index in [4.69, 9.17) is 0 Å². The Hall–Kier alpha value is -2.02. The van der Waals surface area contributed by atoms with Crippen molar-refractivity contribution in [1.82, 2.24) is 15.5 Å². The number of amides is 4. The number of thioether (sulfide) groups is 1. The van der Waals surface area contributed by atoms with Gasteiger partial charge in [-0.1, -0.05) is 38.0 Å². The van der Waals surface area contributed by atoms with Gasteiger partial charge < -0.3 is 10.6 Å². The van der Waals surface area contributed by atoms with Gasteiger partial charge >= 0.3 is 6.03 Å². The van der Waals surface area contributed by atoms with Crippen LogP contribution in [0.2, 0.25) is 0 Å². The van der Waals surface area contributed by atoms with Crippen molar-refractivity contribution in [3.63, 3.8) is 0 Å². The zero-order chi connectivity index (χ0) is 19.0. The van der Waals surface area contributed by atoms with Gasteiger partial charge in [0, 0.05) is 10.6 Å². The first-order valence-electron chi connectivity index (χ1n) is 9.66. The lowest BCUT2D eigenvalue weighted by molar-refractivity contribution is -0.137. The third kappa shape index (κ3) is 3.22. The van der Waals surface area contributed by atoms with E-state index in [-0.39, 0.29) is 30.3 Å². The van der Waals surface area contributed by atoms with Crippen LogP contribution in [0.25, 0.3) is 0 Å². The fraction of sp³-hybridized carbons (Fsp3) is 0.550. The van der Waals surface area contributed by atoms with Crippen LogP contribution < -0.4 is 10.6 Å². The van der Waals surface area contributed by atoms with Gasteiger partial charge in [0.1, 0.15) is 12.1 Å². The van der Waals surface area contributed by atoms with E-state index in [1.807, 2.05) is 25.1 Å². The highest BCUT2D eigenvalue weighted by molar-refractivity contribution is 7.99. The molecule has 0 unspecified atom stereocenters. The average molecular weight is 388 g/mol. The summed E-state index contributed by atoms with van der Waals surface area (Å²) in [6.45, 7) is 1.79. The number of hydrogen-bond acceptors (Lipinski definition) is 4. The maximum Gasteiger partial charge on any atom is 0.325 e. The Kier molecular flexibility index (Phi) is 4.88. The topological polar surface area (TPSA) is 78.5 Å². The van der Waals surface area contributed by atoms with E-state index in [9.17, 15) is 14.4 Å². The van der Waals surface area contributed by atoms with E-state index in [0.29, 0.717) is 6.42 Å². The summed E-state index contributed by atoms with van der Waals surface area (Å²) in [6.07, 6.45) is 4.42. The lowest BCUT2D eigenvalue weighted by Gasteiger charge is -2.36. The van der Waals surface area contributed by atoms with Gasteiger partial charge in [0.05, 0.1) is 6.04 Å². The molecular formula is C20H25N3O3S. The number of carbonyl (C=O) groups excluding carboxylic acids is 3. The highest BCUT2D eigenvalue weighted by atomic mass is 32.2. The third-order valence-corrected chi connectivity index (χ3v) is 7.22. The lowest BCUT2D eigenvalue weighted by Crippen LogP contribution is -2.54. The number of fused-ring (bicyclic) bond motifs is 1. The van der Waals surface area contributed by atoms with Crippen molar-refractivity contribution >= 4 is 29.6 Å². The molecule has 27 heavy (non-hydrogen) atoms. The molecule has 0 bridgehead atoms. The van der Waals surface area contributed by atoms with Gasteiger partial charge in [-0.05, 0) is 36.8 Å². The normalized spacial score (nSPS) is 30.2. The summed E-state index contributed by atoms with van der Waals surface area (Å²) in [5.74, 6) is 0.504. The number of nitrogens with zero attached hydrogens (tertiary/aromatic N) is 1. The smallest absolute Gasteiger partial charge is 0.325 e. The molecule has 2 aliphatic heterocycles. The number of hydrogen-bond donors (Lipinski definition) is 2. The van der Waals surface area contributed by atoms with Crippen molar-refractivity contribution < 1.29 is 14.4 Å². The summed E-state index contributed by atoms with van der Waals surface area (Å²) < 4.78 is 0. The van der Waals surface area contributed by atoms with Gasteiger partial charge in [0.15, 0.2) is 0 Å². The van der Waals surface area contributed by atoms with Crippen molar-refractivity contribution in [1.29, 1.82) is 0 Å². The first kappa shape index (κ1) is 18.3. The van der Waals surface area contributed by atoms with Gasteiger partial charge in [-0.15, -0.1) is 11.8 Å². The molecule has 1 aromatic carbocycles. The number of benzene rings is 1. The largest absolute Gasteiger partial charge is 0.348 e. The molecule has 1 spiro atoms. The lowest BCUT2D eigenvalue weighted by atomic mass is 9.73. The van der Waals surface area contributed by atoms with Gasteiger partial charge in [-0.2, -0.15) is 0 Å². The highest BCUT2D eigenvalue weighted by Gasteiger charge is 2.55. The quantitative estimate of drug-likeness (QED) is 0.782. The molecule has 2 fully saturated rings. The minimum Gasteiger partial charge on any atom is -0.348 e. The fourth-order valence-electron chi connectivity index (χ4n) is 4.51. The Balaban J connectivity index is 1.44. The Morgan fingerprint density at radius 1 is 1.30 bits per heavy atom. The Labute approximate surface area is 163 Å². The summed E-state index contributed by atoms with van der Waals surface area (Å²) in [4.78, 5) is 40.3. The summed E-state index contributed by atoms with van der Waals surface area (Å²) >= 11 is 1.79. The molecule has 3 aliphatic rings.